The van der Waals surface area contributed by atoms with Gasteiger partial charge in [-0.1, -0.05) is 68.4 Å². The number of anilines is 1. The molecule has 0 saturated carbocycles. The molecule has 1 aromatic heterocycles. The van der Waals surface area contributed by atoms with Crippen molar-refractivity contribution in [3.63, 3.8) is 0 Å². The number of benzene rings is 2. The Labute approximate surface area is 214 Å². The van der Waals surface area contributed by atoms with Crippen molar-refractivity contribution in [2.24, 2.45) is 0 Å². The summed E-state index contributed by atoms with van der Waals surface area (Å²) in [6, 6.07) is 9.27. The van der Waals surface area contributed by atoms with Gasteiger partial charge in [0.25, 0.3) is 17.7 Å². The molecule has 0 aliphatic carbocycles. The average Bonchev–Trinajstić information content (AvgIpc) is 3.38. The number of hydrogen-bond acceptors (Lipinski definition) is 4. The lowest BCUT2D eigenvalue weighted by atomic mass is 9.90. The second-order valence-corrected chi connectivity index (χ2v) is 10.5. The first-order valence-corrected chi connectivity index (χ1v) is 12.3. The van der Waals surface area contributed by atoms with Crippen molar-refractivity contribution in [1.29, 1.82) is 0 Å². The summed E-state index contributed by atoms with van der Waals surface area (Å²) in [5.41, 5.74) is 0.360. The highest BCUT2D eigenvalue weighted by Gasteiger charge is 2.58. The molecule has 1 saturated heterocycles. The first-order chi connectivity index (χ1) is 15.2. The Morgan fingerprint density at radius 1 is 0.750 bits per heavy atom. The standard InChI is InChI=1S/C21H9BrCl4N2O3S/c22-8-3-5-9(6-4-8)27-17(10-2-1-7-32-10)18(21(27)31)28-19(29)11-12(20(28)30)14(24)16(26)15(25)13(11)23/h1-7,17-18H/t17-,18+/m1/s1. The van der Waals surface area contributed by atoms with Gasteiger partial charge in [-0.25, -0.2) is 0 Å². The number of hydrogen-bond donors (Lipinski definition) is 0. The van der Waals surface area contributed by atoms with E-state index in [1.165, 1.54) is 11.3 Å². The molecule has 0 radical (unpaired) electrons. The van der Waals surface area contributed by atoms with E-state index in [-0.39, 0.29) is 31.2 Å². The lowest BCUT2D eigenvalue weighted by Crippen LogP contribution is -2.67. The molecule has 32 heavy (non-hydrogen) atoms. The fraction of sp³-hybridized carbons (Fsp3) is 0.0952. The number of imide groups is 1. The monoisotopic (exact) mass is 588 g/mol. The van der Waals surface area contributed by atoms with E-state index >= 15 is 0 Å². The Hall–Kier alpha value is -1.61. The molecule has 2 aliphatic heterocycles. The first-order valence-electron chi connectivity index (χ1n) is 9.10. The minimum absolute atomic E-state index is 0.119. The van der Waals surface area contributed by atoms with Gasteiger partial charge in [0, 0.05) is 15.0 Å². The Morgan fingerprint density at radius 3 is 1.81 bits per heavy atom. The number of amides is 3. The van der Waals surface area contributed by atoms with E-state index in [9.17, 15) is 14.4 Å². The summed E-state index contributed by atoms with van der Waals surface area (Å²) in [4.78, 5) is 43.3. The van der Waals surface area contributed by atoms with Crippen LogP contribution in [0.5, 0.6) is 0 Å². The van der Waals surface area contributed by atoms with Gasteiger partial charge >= 0.3 is 0 Å². The zero-order valence-electron chi connectivity index (χ0n) is 15.6. The van der Waals surface area contributed by atoms with Gasteiger partial charge < -0.3 is 0 Å². The molecule has 3 aromatic rings. The van der Waals surface area contributed by atoms with Crippen LogP contribution in [-0.4, -0.2) is 28.7 Å². The van der Waals surface area contributed by atoms with E-state index in [2.05, 4.69) is 15.9 Å². The Balaban J connectivity index is 1.61. The molecule has 11 heteroatoms. The van der Waals surface area contributed by atoms with Crippen LogP contribution in [0.2, 0.25) is 20.1 Å². The molecule has 0 spiro atoms. The van der Waals surface area contributed by atoms with Crippen LogP contribution < -0.4 is 4.90 Å². The van der Waals surface area contributed by atoms with E-state index in [0.717, 1.165) is 14.2 Å². The van der Waals surface area contributed by atoms with Gasteiger partial charge in [0.05, 0.1) is 31.2 Å². The third-order valence-electron chi connectivity index (χ3n) is 5.42. The summed E-state index contributed by atoms with van der Waals surface area (Å²) in [6.07, 6.45) is 0. The highest BCUT2D eigenvalue weighted by atomic mass is 79.9. The molecule has 0 bridgehead atoms. The second kappa shape index (κ2) is 8.01. The highest BCUT2D eigenvalue weighted by Crippen LogP contribution is 2.49. The maximum atomic E-state index is 13.3. The maximum absolute atomic E-state index is 13.3. The van der Waals surface area contributed by atoms with E-state index in [0.29, 0.717) is 5.69 Å². The molecule has 2 atom stereocenters. The molecular weight excluding hydrogens is 582 g/mol. The molecule has 5 rings (SSSR count). The van der Waals surface area contributed by atoms with Crippen molar-refractivity contribution in [2.75, 3.05) is 4.90 Å². The van der Waals surface area contributed by atoms with Crippen molar-refractivity contribution < 1.29 is 14.4 Å². The average molecular weight is 591 g/mol. The third-order valence-corrected chi connectivity index (χ3v) is 8.69. The normalized spacial score (nSPS) is 20.1. The molecule has 162 valence electrons. The topological polar surface area (TPSA) is 57.7 Å². The maximum Gasteiger partial charge on any atom is 0.264 e. The largest absolute Gasteiger partial charge is 0.300 e. The minimum Gasteiger partial charge on any atom is -0.300 e. The molecule has 2 aromatic carbocycles. The summed E-state index contributed by atoms with van der Waals surface area (Å²) in [6.45, 7) is 0. The van der Waals surface area contributed by atoms with Gasteiger partial charge in [-0.3, -0.25) is 24.2 Å². The number of thiophene rings is 1. The fourth-order valence-electron chi connectivity index (χ4n) is 3.98. The van der Waals surface area contributed by atoms with Crippen molar-refractivity contribution in [2.45, 2.75) is 12.1 Å². The molecule has 0 N–H and O–H groups in total. The Morgan fingerprint density at radius 2 is 1.31 bits per heavy atom. The molecule has 0 unspecified atom stereocenters. The number of carbonyl (C=O) groups excluding carboxylic acids is 3. The molecule has 3 amide bonds. The van der Waals surface area contributed by atoms with Gasteiger partial charge in [0.2, 0.25) is 0 Å². The van der Waals surface area contributed by atoms with Crippen molar-refractivity contribution in [3.05, 3.63) is 82.3 Å². The predicted octanol–water partition coefficient (Wildman–Crippen LogP) is 6.88. The van der Waals surface area contributed by atoms with Crippen molar-refractivity contribution in [3.8, 4) is 0 Å². The number of halogens is 5. The smallest absolute Gasteiger partial charge is 0.264 e. The Bertz CT molecular complexity index is 1270. The lowest BCUT2D eigenvalue weighted by molar-refractivity contribution is -0.130. The number of β-lactam (4-membered cyclic amide) rings is 1. The lowest BCUT2D eigenvalue weighted by Gasteiger charge is -2.49. The SMILES string of the molecule is O=C1c2c(Cl)c(Cl)c(Cl)c(Cl)c2C(=O)N1[C@@H]1C(=O)N(c2ccc(Br)cc2)[C@@H]1c1cccs1. The van der Waals surface area contributed by atoms with Crippen LogP contribution in [0, 0.1) is 0 Å². The van der Waals surface area contributed by atoms with E-state index in [4.69, 9.17) is 46.4 Å². The van der Waals surface area contributed by atoms with Crippen molar-refractivity contribution in [1.82, 2.24) is 4.90 Å². The van der Waals surface area contributed by atoms with E-state index in [1.54, 1.807) is 17.0 Å². The number of fused-ring (bicyclic) bond motifs is 1. The van der Waals surface area contributed by atoms with Gasteiger partial charge in [0.15, 0.2) is 0 Å². The zero-order chi connectivity index (χ0) is 22.9. The summed E-state index contributed by atoms with van der Waals surface area (Å²) >= 11 is 29.5. The summed E-state index contributed by atoms with van der Waals surface area (Å²) < 4.78 is 0.858. The van der Waals surface area contributed by atoms with Gasteiger partial charge in [0.1, 0.15) is 12.1 Å². The first kappa shape index (κ1) is 22.2. The molecular formula is C21H9BrCl4N2O3S. The van der Waals surface area contributed by atoms with Gasteiger partial charge in [-0.2, -0.15) is 0 Å². The van der Waals surface area contributed by atoms with Crippen LogP contribution in [0.15, 0.2) is 46.3 Å². The third kappa shape index (κ3) is 3.06. The molecule has 2 aliphatic rings. The minimum atomic E-state index is -1.06. The Kier molecular flexibility index (Phi) is 5.55. The number of nitrogens with zero attached hydrogens (tertiary/aromatic N) is 2. The number of rotatable bonds is 3. The summed E-state index contributed by atoms with van der Waals surface area (Å²) in [7, 11) is 0. The van der Waals surface area contributed by atoms with Crippen LogP contribution >= 0.6 is 73.7 Å². The van der Waals surface area contributed by atoms with Gasteiger partial charge in [-0.15, -0.1) is 11.3 Å². The highest BCUT2D eigenvalue weighted by molar-refractivity contribution is 9.10. The molecule has 1 fully saturated rings. The fourth-order valence-corrected chi connectivity index (χ4v) is 6.10. The van der Waals surface area contributed by atoms with E-state index < -0.39 is 29.8 Å². The van der Waals surface area contributed by atoms with Crippen LogP contribution in [0.1, 0.15) is 31.6 Å². The predicted molar refractivity (Wildman–Crippen MR) is 129 cm³/mol. The van der Waals surface area contributed by atoms with Crippen LogP contribution in [-0.2, 0) is 4.79 Å². The second-order valence-electron chi connectivity index (χ2n) is 7.08. The summed E-state index contributed by atoms with van der Waals surface area (Å²) in [5, 5.41) is 1.30. The van der Waals surface area contributed by atoms with Crippen LogP contribution in [0.4, 0.5) is 5.69 Å². The number of carbonyl (C=O) groups is 3. The molecule has 3 heterocycles. The quantitative estimate of drug-likeness (QED) is 0.145. The van der Waals surface area contributed by atoms with Crippen LogP contribution in [0.25, 0.3) is 0 Å². The van der Waals surface area contributed by atoms with Crippen molar-refractivity contribution >= 4 is 97.1 Å². The van der Waals surface area contributed by atoms with Gasteiger partial charge in [-0.05, 0) is 35.7 Å². The zero-order valence-corrected chi connectivity index (χ0v) is 21.0. The molecule has 5 nitrogen and oxygen atoms in total. The summed E-state index contributed by atoms with van der Waals surface area (Å²) in [5.74, 6) is -1.86. The van der Waals surface area contributed by atoms with E-state index in [1.807, 2.05) is 29.6 Å². The van der Waals surface area contributed by atoms with Crippen LogP contribution in [0.3, 0.4) is 0 Å².